The van der Waals surface area contributed by atoms with Crippen molar-refractivity contribution in [1.82, 2.24) is 20.3 Å². The fourth-order valence-corrected chi connectivity index (χ4v) is 2.99. The van der Waals surface area contributed by atoms with Gasteiger partial charge in [-0.2, -0.15) is 9.97 Å². The standard InChI is InChI=1S/C23H24N4O4.C2H6/c1-16-24-22(26-30-16)18-6-10-20(11-7-18)28-14-4-3-5-15-29-21-12-8-19(9-13-21)23-25-17(2)31-27-23;1-2/h6-13H,3-5,14-15H2,1-2H3;1-2H3. The molecule has 0 fully saturated rings. The highest BCUT2D eigenvalue weighted by atomic mass is 16.5. The van der Waals surface area contributed by atoms with Crippen LogP contribution in [0.1, 0.15) is 44.9 Å². The molecule has 0 aliphatic heterocycles. The SMILES string of the molecule is CC.Cc1nc(-c2ccc(OCCCCCOc3ccc(-c4noc(C)n4)cc3)cc2)no1. The number of aryl methyl sites for hydroxylation is 2. The number of rotatable bonds is 10. The molecule has 2 aromatic carbocycles. The lowest BCUT2D eigenvalue weighted by molar-refractivity contribution is 0.279. The van der Waals surface area contributed by atoms with Gasteiger partial charge in [0, 0.05) is 25.0 Å². The van der Waals surface area contributed by atoms with Crippen LogP contribution in [0.3, 0.4) is 0 Å². The van der Waals surface area contributed by atoms with Crippen molar-refractivity contribution < 1.29 is 18.5 Å². The maximum absolute atomic E-state index is 5.80. The molecule has 0 amide bonds. The van der Waals surface area contributed by atoms with E-state index in [2.05, 4.69) is 20.3 Å². The number of unbranched alkanes of at least 4 members (excludes halogenated alkanes) is 2. The van der Waals surface area contributed by atoms with E-state index in [1.165, 1.54) is 0 Å². The van der Waals surface area contributed by atoms with E-state index in [0.29, 0.717) is 36.6 Å². The van der Waals surface area contributed by atoms with E-state index in [0.717, 1.165) is 41.9 Å². The van der Waals surface area contributed by atoms with Gasteiger partial charge in [-0.05, 0) is 67.8 Å². The maximum atomic E-state index is 5.80. The molecule has 0 saturated carbocycles. The molecule has 0 aliphatic carbocycles. The number of hydrogen-bond acceptors (Lipinski definition) is 8. The Morgan fingerprint density at radius 2 is 1.00 bits per heavy atom. The van der Waals surface area contributed by atoms with Gasteiger partial charge in [0.15, 0.2) is 0 Å². The zero-order valence-electron chi connectivity index (χ0n) is 19.6. The Balaban J connectivity index is 0.00000149. The zero-order chi connectivity index (χ0) is 23.5. The second kappa shape index (κ2) is 12.4. The van der Waals surface area contributed by atoms with Crippen LogP contribution in [-0.4, -0.2) is 33.5 Å². The molecule has 8 nitrogen and oxygen atoms in total. The quantitative estimate of drug-likeness (QED) is 0.269. The van der Waals surface area contributed by atoms with Gasteiger partial charge >= 0.3 is 0 Å². The summed E-state index contributed by atoms with van der Waals surface area (Å²) in [6.07, 6.45) is 2.96. The molecule has 4 rings (SSSR count). The minimum atomic E-state index is 0.551. The molecule has 0 N–H and O–H groups in total. The first-order valence-electron chi connectivity index (χ1n) is 11.2. The fraction of sp³-hybridized carbons (Fsp3) is 0.360. The lowest BCUT2D eigenvalue weighted by atomic mass is 10.2. The molecule has 0 spiro atoms. The largest absolute Gasteiger partial charge is 0.494 e. The second-order valence-corrected chi connectivity index (χ2v) is 7.08. The number of hydrogen-bond donors (Lipinski definition) is 0. The number of aromatic nitrogens is 4. The fourth-order valence-electron chi connectivity index (χ4n) is 2.99. The average molecular weight is 451 g/mol. The van der Waals surface area contributed by atoms with Crippen LogP contribution < -0.4 is 9.47 Å². The summed E-state index contributed by atoms with van der Waals surface area (Å²) in [6.45, 7) is 8.88. The van der Waals surface area contributed by atoms with E-state index in [4.69, 9.17) is 18.5 Å². The molecule has 2 aromatic heterocycles. The van der Waals surface area contributed by atoms with Crippen LogP contribution in [0.4, 0.5) is 0 Å². The number of benzene rings is 2. The Hall–Kier alpha value is -3.68. The summed E-state index contributed by atoms with van der Waals surface area (Å²) in [6, 6.07) is 15.4. The first-order valence-corrected chi connectivity index (χ1v) is 11.2. The Bertz CT molecular complexity index is 1000. The first kappa shape index (κ1) is 24.0. The molecule has 0 saturated heterocycles. The highest BCUT2D eigenvalue weighted by Gasteiger charge is 2.06. The predicted octanol–water partition coefficient (Wildman–Crippen LogP) is 6.06. The van der Waals surface area contributed by atoms with Gasteiger partial charge < -0.3 is 18.5 Å². The van der Waals surface area contributed by atoms with Crippen LogP contribution in [-0.2, 0) is 0 Å². The Morgan fingerprint density at radius 1 is 0.606 bits per heavy atom. The second-order valence-electron chi connectivity index (χ2n) is 7.08. The molecule has 0 atom stereocenters. The summed E-state index contributed by atoms with van der Waals surface area (Å²) in [7, 11) is 0. The van der Waals surface area contributed by atoms with E-state index in [1.807, 2.05) is 62.4 Å². The summed E-state index contributed by atoms with van der Waals surface area (Å²) >= 11 is 0. The monoisotopic (exact) mass is 450 g/mol. The summed E-state index contributed by atoms with van der Waals surface area (Å²) in [4.78, 5) is 8.43. The molecule has 8 heteroatoms. The minimum Gasteiger partial charge on any atom is -0.494 e. The van der Waals surface area contributed by atoms with Crippen molar-refractivity contribution in [1.29, 1.82) is 0 Å². The van der Waals surface area contributed by atoms with Crippen molar-refractivity contribution in [2.45, 2.75) is 47.0 Å². The van der Waals surface area contributed by atoms with E-state index in [9.17, 15) is 0 Å². The lowest BCUT2D eigenvalue weighted by Crippen LogP contribution is -2.01. The third-order valence-electron chi connectivity index (χ3n) is 4.61. The van der Waals surface area contributed by atoms with E-state index in [1.54, 1.807) is 13.8 Å². The summed E-state index contributed by atoms with van der Waals surface area (Å²) in [5.74, 6) is 3.94. The van der Waals surface area contributed by atoms with Gasteiger partial charge in [-0.25, -0.2) is 0 Å². The van der Waals surface area contributed by atoms with Crippen molar-refractivity contribution in [3.8, 4) is 34.3 Å². The molecule has 4 aromatic rings. The molecule has 174 valence electrons. The van der Waals surface area contributed by atoms with Crippen molar-refractivity contribution in [2.75, 3.05) is 13.2 Å². The molecular formula is C25H30N4O4. The Morgan fingerprint density at radius 3 is 1.33 bits per heavy atom. The molecule has 0 unspecified atom stereocenters. The van der Waals surface area contributed by atoms with Crippen molar-refractivity contribution >= 4 is 0 Å². The molecule has 0 bridgehead atoms. The van der Waals surface area contributed by atoms with Crippen molar-refractivity contribution in [3.63, 3.8) is 0 Å². The van der Waals surface area contributed by atoms with E-state index < -0.39 is 0 Å². The van der Waals surface area contributed by atoms with Gasteiger partial charge in [0.05, 0.1) is 13.2 Å². The van der Waals surface area contributed by atoms with Crippen LogP contribution in [0.2, 0.25) is 0 Å². The normalized spacial score (nSPS) is 10.4. The van der Waals surface area contributed by atoms with Crippen LogP contribution in [0.5, 0.6) is 11.5 Å². The van der Waals surface area contributed by atoms with Crippen molar-refractivity contribution in [2.24, 2.45) is 0 Å². The van der Waals surface area contributed by atoms with E-state index in [-0.39, 0.29) is 0 Å². The Kier molecular flexibility index (Phi) is 8.99. The molecule has 0 aliphatic rings. The molecule has 33 heavy (non-hydrogen) atoms. The van der Waals surface area contributed by atoms with Gasteiger partial charge in [-0.3, -0.25) is 0 Å². The van der Waals surface area contributed by atoms with Crippen LogP contribution >= 0.6 is 0 Å². The van der Waals surface area contributed by atoms with Crippen LogP contribution in [0, 0.1) is 13.8 Å². The average Bonchev–Trinajstić information content (AvgIpc) is 3.49. The molecule has 0 radical (unpaired) electrons. The van der Waals surface area contributed by atoms with Gasteiger partial charge in [-0.15, -0.1) is 0 Å². The number of ether oxygens (including phenoxy) is 2. The number of nitrogens with zero attached hydrogens (tertiary/aromatic N) is 4. The highest BCUT2D eigenvalue weighted by Crippen LogP contribution is 2.21. The topological polar surface area (TPSA) is 96.3 Å². The molecular weight excluding hydrogens is 420 g/mol. The summed E-state index contributed by atoms with van der Waals surface area (Å²) in [5.41, 5.74) is 1.81. The first-order chi connectivity index (χ1) is 16.2. The third kappa shape index (κ3) is 7.17. The van der Waals surface area contributed by atoms with Crippen LogP contribution in [0.25, 0.3) is 22.8 Å². The van der Waals surface area contributed by atoms with Gasteiger partial charge in [0.25, 0.3) is 0 Å². The van der Waals surface area contributed by atoms with E-state index >= 15 is 0 Å². The van der Waals surface area contributed by atoms with Crippen molar-refractivity contribution in [3.05, 3.63) is 60.3 Å². The predicted molar refractivity (Wildman–Crippen MR) is 125 cm³/mol. The highest BCUT2D eigenvalue weighted by molar-refractivity contribution is 5.56. The lowest BCUT2D eigenvalue weighted by Gasteiger charge is -2.08. The minimum absolute atomic E-state index is 0.551. The van der Waals surface area contributed by atoms with Gasteiger partial charge in [-0.1, -0.05) is 24.2 Å². The Labute approximate surface area is 193 Å². The summed E-state index contributed by atoms with van der Waals surface area (Å²) < 4.78 is 21.6. The van der Waals surface area contributed by atoms with Gasteiger partial charge in [0.2, 0.25) is 23.4 Å². The third-order valence-corrected chi connectivity index (χ3v) is 4.61. The van der Waals surface area contributed by atoms with Crippen LogP contribution in [0.15, 0.2) is 57.6 Å². The summed E-state index contributed by atoms with van der Waals surface area (Å²) in [5, 5.41) is 7.82. The smallest absolute Gasteiger partial charge is 0.223 e. The van der Waals surface area contributed by atoms with Gasteiger partial charge in [0.1, 0.15) is 11.5 Å². The zero-order valence-corrected chi connectivity index (χ0v) is 19.6. The molecule has 2 heterocycles. The maximum Gasteiger partial charge on any atom is 0.223 e.